The van der Waals surface area contributed by atoms with E-state index in [4.69, 9.17) is 5.73 Å². The third kappa shape index (κ3) is 2.19. The predicted octanol–water partition coefficient (Wildman–Crippen LogP) is 1.62. The average molecular weight is 240 g/mol. The van der Waals surface area contributed by atoms with Crippen LogP contribution in [0.15, 0.2) is 36.7 Å². The van der Waals surface area contributed by atoms with E-state index in [0.29, 0.717) is 5.82 Å². The summed E-state index contributed by atoms with van der Waals surface area (Å²) in [5.74, 6) is 0.638. The van der Waals surface area contributed by atoms with Crippen molar-refractivity contribution in [3.63, 3.8) is 0 Å². The SMILES string of the molecule is Nc1ncnc2c1CCN(Cc1ccccc1)C2. The second kappa shape index (κ2) is 4.74. The molecule has 2 heterocycles. The first-order chi connectivity index (χ1) is 8.83. The van der Waals surface area contributed by atoms with Crippen LogP contribution in [0.3, 0.4) is 0 Å². The van der Waals surface area contributed by atoms with Crippen LogP contribution in [-0.2, 0) is 19.5 Å². The number of aromatic nitrogens is 2. The molecular weight excluding hydrogens is 224 g/mol. The highest BCUT2D eigenvalue weighted by atomic mass is 15.1. The fourth-order valence-electron chi connectivity index (χ4n) is 2.41. The Morgan fingerprint density at radius 3 is 2.83 bits per heavy atom. The van der Waals surface area contributed by atoms with Gasteiger partial charge in [0.15, 0.2) is 0 Å². The van der Waals surface area contributed by atoms with E-state index in [9.17, 15) is 0 Å². The maximum absolute atomic E-state index is 5.87. The van der Waals surface area contributed by atoms with Crippen LogP contribution in [0.2, 0.25) is 0 Å². The molecular formula is C14H16N4. The summed E-state index contributed by atoms with van der Waals surface area (Å²) in [6.07, 6.45) is 2.50. The third-order valence-corrected chi connectivity index (χ3v) is 3.37. The second-order valence-corrected chi connectivity index (χ2v) is 4.63. The average Bonchev–Trinajstić information content (AvgIpc) is 2.40. The Bertz CT molecular complexity index is 539. The molecule has 3 rings (SSSR count). The van der Waals surface area contributed by atoms with Gasteiger partial charge in [0.05, 0.1) is 5.69 Å². The number of anilines is 1. The van der Waals surface area contributed by atoms with Crippen molar-refractivity contribution >= 4 is 5.82 Å². The molecule has 18 heavy (non-hydrogen) atoms. The van der Waals surface area contributed by atoms with Crippen LogP contribution in [0.25, 0.3) is 0 Å². The van der Waals surface area contributed by atoms with Gasteiger partial charge >= 0.3 is 0 Å². The molecule has 4 nitrogen and oxygen atoms in total. The number of fused-ring (bicyclic) bond motifs is 1. The maximum Gasteiger partial charge on any atom is 0.130 e. The summed E-state index contributed by atoms with van der Waals surface area (Å²) in [6, 6.07) is 10.5. The summed E-state index contributed by atoms with van der Waals surface area (Å²) < 4.78 is 0. The lowest BCUT2D eigenvalue weighted by Gasteiger charge is -2.28. The van der Waals surface area contributed by atoms with Crippen molar-refractivity contribution in [3.8, 4) is 0 Å². The van der Waals surface area contributed by atoms with E-state index in [-0.39, 0.29) is 0 Å². The van der Waals surface area contributed by atoms with E-state index in [2.05, 4.69) is 39.1 Å². The predicted molar refractivity (Wildman–Crippen MR) is 70.7 cm³/mol. The number of nitrogens with two attached hydrogens (primary N) is 1. The minimum absolute atomic E-state index is 0.638. The van der Waals surface area contributed by atoms with Crippen LogP contribution in [0.1, 0.15) is 16.8 Å². The molecule has 0 saturated heterocycles. The number of rotatable bonds is 2. The van der Waals surface area contributed by atoms with E-state index in [1.807, 2.05) is 6.07 Å². The number of hydrogen-bond acceptors (Lipinski definition) is 4. The Hall–Kier alpha value is -1.94. The van der Waals surface area contributed by atoms with Crippen LogP contribution in [0, 0.1) is 0 Å². The lowest BCUT2D eigenvalue weighted by molar-refractivity contribution is 0.241. The summed E-state index contributed by atoms with van der Waals surface area (Å²) in [6.45, 7) is 2.83. The van der Waals surface area contributed by atoms with Gasteiger partial charge < -0.3 is 5.73 Å². The van der Waals surface area contributed by atoms with Gasteiger partial charge in [0.25, 0.3) is 0 Å². The van der Waals surface area contributed by atoms with Crippen LogP contribution in [-0.4, -0.2) is 21.4 Å². The molecule has 1 aliphatic heterocycles. The van der Waals surface area contributed by atoms with E-state index in [0.717, 1.165) is 37.3 Å². The lowest BCUT2D eigenvalue weighted by atomic mass is 10.0. The quantitative estimate of drug-likeness (QED) is 0.866. The van der Waals surface area contributed by atoms with Gasteiger partial charge in [-0.05, 0) is 12.0 Å². The smallest absolute Gasteiger partial charge is 0.130 e. The zero-order valence-electron chi connectivity index (χ0n) is 10.2. The summed E-state index contributed by atoms with van der Waals surface area (Å²) in [7, 11) is 0. The van der Waals surface area contributed by atoms with Gasteiger partial charge in [0.1, 0.15) is 12.1 Å². The fraction of sp³-hybridized carbons (Fsp3) is 0.286. The summed E-state index contributed by atoms with van der Waals surface area (Å²) in [5.41, 5.74) is 9.41. The third-order valence-electron chi connectivity index (χ3n) is 3.37. The highest BCUT2D eigenvalue weighted by Crippen LogP contribution is 2.21. The standard InChI is InChI=1S/C14H16N4/c15-14-12-6-7-18(9-13(12)16-10-17-14)8-11-4-2-1-3-5-11/h1-5,10H,6-9H2,(H2,15,16,17). The first-order valence-electron chi connectivity index (χ1n) is 6.17. The molecule has 1 aromatic carbocycles. The van der Waals surface area contributed by atoms with Crippen LogP contribution < -0.4 is 5.73 Å². The molecule has 0 atom stereocenters. The van der Waals surface area contributed by atoms with Gasteiger partial charge in [0, 0.05) is 25.2 Å². The molecule has 0 fully saturated rings. The van der Waals surface area contributed by atoms with E-state index in [1.54, 1.807) is 6.33 Å². The van der Waals surface area contributed by atoms with Crippen molar-refractivity contribution in [3.05, 3.63) is 53.5 Å². The van der Waals surface area contributed by atoms with Crippen molar-refractivity contribution in [1.29, 1.82) is 0 Å². The number of benzene rings is 1. The van der Waals surface area contributed by atoms with Crippen molar-refractivity contribution in [2.75, 3.05) is 12.3 Å². The molecule has 2 N–H and O–H groups in total. The number of nitrogen functional groups attached to an aromatic ring is 1. The van der Waals surface area contributed by atoms with Gasteiger partial charge in [-0.1, -0.05) is 30.3 Å². The Balaban J connectivity index is 1.76. The molecule has 0 radical (unpaired) electrons. The topological polar surface area (TPSA) is 55.0 Å². The molecule has 0 saturated carbocycles. The van der Waals surface area contributed by atoms with Crippen molar-refractivity contribution in [2.24, 2.45) is 0 Å². The molecule has 92 valence electrons. The second-order valence-electron chi connectivity index (χ2n) is 4.63. The number of hydrogen-bond donors (Lipinski definition) is 1. The van der Waals surface area contributed by atoms with Gasteiger partial charge in [0.2, 0.25) is 0 Å². The zero-order chi connectivity index (χ0) is 12.4. The van der Waals surface area contributed by atoms with E-state index < -0.39 is 0 Å². The van der Waals surface area contributed by atoms with E-state index >= 15 is 0 Å². The largest absolute Gasteiger partial charge is 0.383 e. The number of nitrogens with zero attached hydrogens (tertiary/aromatic N) is 3. The van der Waals surface area contributed by atoms with Gasteiger partial charge in [-0.15, -0.1) is 0 Å². The fourth-order valence-corrected chi connectivity index (χ4v) is 2.41. The Morgan fingerprint density at radius 1 is 1.17 bits per heavy atom. The molecule has 0 amide bonds. The molecule has 4 heteroatoms. The van der Waals surface area contributed by atoms with Crippen LogP contribution in [0.5, 0.6) is 0 Å². The van der Waals surface area contributed by atoms with E-state index in [1.165, 1.54) is 5.56 Å². The molecule has 2 aromatic rings. The van der Waals surface area contributed by atoms with Gasteiger partial charge in [-0.25, -0.2) is 9.97 Å². The van der Waals surface area contributed by atoms with Crippen molar-refractivity contribution in [1.82, 2.24) is 14.9 Å². The minimum atomic E-state index is 0.638. The minimum Gasteiger partial charge on any atom is -0.383 e. The lowest BCUT2D eigenvalue weighted by Crippen LogP contribution is -2.31. The molecule has 0 bridgehead atoms. The molecule has 0 aliphatic carbocycles. The van der Waals surface area contributed by atoms with Gasteiger partial charge in [-0.3, -0.25) is 4.90 Å². The highest BCUT2D eigenvalue weighted by Gasteiger charge is 2.19. The van der Waals surface area contributed by atoms with Crippen LogP contribution >= 0.6 is 0 Å². The zero-order valence-corrected chi connectivity index (χ0v) is 10.2. The normalized spacial score (nSPS) is 15.3. The van der Waals surface area contributed by atoms with Crippen molar-refractivity contribution in [2.45, 2.75) is 19.5 Å². The van der Waals surface area contributed by atoms with Crippen LogP contribution in [0.4, 0.5) is 5.82 Å². The van der Waals surface area contributed by atoms with Crippen molar-refractivity contribution < 1.29 is 0 Å². The summed E-state index contributed by atoms with van der Waals surface area (Å²) in [5, 5.41) is 0. The maximum atomic E-state index is 5.87. The molecule has 1 aromatic heterocycles. The summed E-state index contributed by atoms with van der Waals surface area (Å²) >= 11 is 0. The Kier molecular flexibility index (Phi) is 2.94. The monoisotopic (exact) mass is 240 g/mol. The van der Waals surface area contributed by atoms with Gasteiger partial charge in [-0.2, -0.15) is 0 Å². The highest BCUT2D eigenvalue weighted by molar-refractivity contribution is 5.42. The Morgan fingerprint density at radius 2 is 2.00 bits per heavy atom. The summed E-state index contributed by atoms with van der Waals surface area (Å²) in [4.78, 5) is 10.8. The molecule has 1 aliphatic rings. The first kappa shape index (κ1) is 11.2. The molecule has 0 unspecified atom stereocenters. The Labute approximate surface area is 106 Å². The molecule has 0 spiro atoms. The first-order valence-corrected chi connectivity index (χ1v) is 6.17.